The zero-order valence-corrected chi connectivity index (χ0v) is 23.8. The second-order valence-corrected chi connectivity index (χ2v) is 11.6. The van der Waals surface area contributed by atoms with Gasteiger partial charge in [0.15, 0.2) is 5.82 Å². The molecular weight excluding hydrogens is 562 g/mol. The molecule has 1 unspecified atom stereocenters. The number of aromatic nitrogens is 3. The van der Waals surface area contributed by atoms with Crippen molar-refractivity contribution in [2.45, 2.75) is 37.4 Å². The van der Waals surface area contributed by atoms with Crippen LogP contribution in [0.2, 0.25) is 5.02 Å². The van der Waals surface area contributed by atoms with Crippen molar-refractivity contribution >= 4 is 45.0 Å². The van der Waals surface area contributed by atoms with E-state index in [1.54, 1.807) is 29.3 Å². The SMILES string of the molecule is C=CC(=O)N1CC[C@@H]2[C@H]1CN2c1nc(OCC2CCCN2C)nc2c(F)c(-c3cncc4cccc(Cl)c34)c(F)cc12. The quantitative estimate of drug-likeness (QED) is 0.285. The molecule has 42 heavy (non-hydrogen) atoms. The van der Waals surface area contributed by atoms with Crippen molar-refractivity contribution in [1.82, 2.24) is 24.8 Å². The van der Waals surface area contributed by atoms with Gasteiger partial charge in [-0.3, -0.25) is 9.78 Å². The van der Waals surface area contributed by atoms with Gasteiger partial charge in [-0.15, -0.1) is 0 Å². The van der Waals surface area contributed by atoms with Crippen LogP contribution in [0.1, 0.15) is 19.3 Å². The number of fused-ring (bicyclic) bond motifs is 3. The van der Waals surface area contributed by atoms with Crippen LogP contribution in [0, 0.1) is 11.6 Å². The van der Waals surface area contributed by atoms with Crippen molar-refractivity contribution in [2.24, 2.45) is 0 Å². The molecule has 2 aromatic carbocycles. The summed E-state index contributed by atoms with van der Waals surface area (Å²) < 4.78 is 38.6. The van der Waals surface area contributed by atoms with Gasteiger partial charge in [0.25, 0.3) is 0 Å². The first-order valence-corrected chi connectivity index (χ1v) is 14.5. The topological polar surface area (TPSA) is 74.7 Å². The highest BCUT2D eigenvalue weighted by Crippen LogP contribution is 2.43. The van der Waals surface area contributed by atoms with Gasteiger partial charge in [-0.2, -0.15) is 9.97 Å². The lowest BCUT2D eigenvalue weighted by Gasteiger charge is -2.47. The number of carbonyl (C=O) groups excluding carboxylic acids is 1. The van der Waals surface area contributed by atoms with Crippen LogP contribution >= 0.6 is 11.6 Å². The summed E-state index contributed by atoms with van der Waals surface area (Å²) in [6.07, 6.45) is 7.11. The molecule has 1 amide bonds. The first-order valence-electron chi connectivity index (χ1n) is 14.1. The second kappa shape index (κ2) is 10.4. The van der Waals surface area contributed by atoms with Crippen molar-refractivity contribution in [3.63, 3.8) is 0 Å². The van der Waals surface area contributed by atoms with Crippen molar-refractivity contribution in [1.29, 1.82) is 0 Å². The Balaban J connectivity index is 1.36. The maximum Gasteiger partial charge on any atom is 0.319 e. The molecular formula is C31H29ClF2N6O2. The number of pyridine rings is 1. The molecule has 0 spiro atoms. The number of rotatable bonds is 6. The lowest BCUT2D eigenvalue weighted by molar-refractivity contribution is -0.127. The number of likely N-dealkylation sites (N-methyl/N-ethyl adjacent to an activating group) is 1. The Morgan fingerprint density at radius 1 is 1.19 bits per heavy atom. The van der Waals surface area contributed by atoms with Gasteiger partial charge in [-0.1, -0.05) is 30.3 Å². The minimum absolute atomic E-state index is 0.0186. The fourth-order valence-electron chi connectivity index (χ4n) is 6.68. The van der Waals surface area contributed by atoms with E-state index in [1.807, 2.05) is 11.9 Å². The van der Waals surface area contributed by atoms with Crippen molar-refractivity contribution in [3.8, 4) is 17.1 Å². The van der Waals surface area contributed by atoms with E-state index in [0.717, 1.165) is 19.4 Å². The fourth-order valence-corrected chi connectivity index (χ4v) is 6.97. The van der Waals surface area contributed by atoms with Crippen LogP contribution in [0.15, 0.2) is 49.3 Å². The molecule has 3 atom stereocenters. The number of benzene rings is 2. The van der Waals surface area contributed by atoms with E-state index >= 15 is 8.78 Å². The van der Waals surface area contributed by atoms with Crippen molar-refractivity contribution < 1.29 is 18.3 Å². The van der Waals surface area contributed by atoms with Crippen LogP contribution in [0.3, 0.4) is 0 Å². The molecule has 0 aliphatic carbocycles. The molecule has 2 aromatic heterocycles. The highest BCUT2D eigenvalue weighted by atomic mass is 35.5. The average molecular weight is 591 g/mol. The number of hydrogen-bond donors (Lipinski definition) is 0. The number of amides is 1. The van der Waals surface area contributed by atoms with Crippen LogP contribution in [0.5, 0.6) is 6.01 Å². The molecule has 3 fully saturated rings. The van der Waals surface area contributed by atoms with E-state index in [-0.39, 0.29) is 52.1 Å². The molecule has 0 radical (unpaired) electrons. The monoisotopic (exact) mass is 590 g/mol. The molecule has 8 nitrogen and oxygen atoms in total. The number of anilines is 1. The normalized spacial score (nSPS) is 22.0. The third-order valence-corrected chi connectivity index (χ3v) is 9.26. The Bertz CT molecular complexity index is 1750. The van der Waals surface area contributed by atoms with E-state index in [2.05, 4.69) is 21.4 Å². The molecule has 5 heterocycles. The minimum atomic E-state index is -0.835. The average Bonchev–Trinajstić information content (AvgIpc) is 3.54. The van der Waals surface area contributed by atoms with Crippen LogP contribution in [-0.2, 0) is 4.79 Å². The standard InChI is InChI=1S/C31H29ClF2N6O2/c1-3-25(41)39-11-9-23-24(39)15-40(23)30-19-12-22(33)27(20-14-35-13-17-6-4-8-21(32)26(17)20)28(34)29(19)36-31(37-30)42-16-18-7-5-10-38(18)2/h3-4,6,8,12-14,18,23-24H,1,5,7,9-11,15-16H2,2H3/t18?,23-,24-/m1/s1. The number of nitrogens with zero attached hydrogens (tertiary/aromatic N) is 6. The summed E-state index contributed by atoms with van der Waals surface area (Å²) in [5.74, 6) is -1.34. The largest absolute Gasteiger partial charge is 0.462 e. The van der Waals surface area contributed by atoms with Gasteiger partial charge in [0.05, 0.1) is 17.6 Å². The van der Waals surface area contributed by atoms with E-state index < -0.39 is 11.6 Å². The highest BCUT2D eigenvalue weighted by molar-refractivity contribution is 6.36. The molecule has 3 saturated heterocycles. The summed E-state index contributed by atoms with van der Waals surface area (Å²) in [6.45, 7) is 6.01. The summed E-state index contributed by atoms with van der Waals surface area (Å²) in [7, 11) is 2.04. The lowest BCUT2D eigenvalue weighted by atomic mass is 9.95. The van der Waals surface area contributed by atoms with Crippen LogP contribution < -0.4 is 9.64 Å². The molecule has 3 aliphatic heterocycles. The summed E-state index contributed by atoms with van der Waals surface area (Å²) >= 11 is 6.50. The summed E-state index contributed by atoms with van der Waals surface area (Å²) in [4.78, 5) is 31.8. The third kappa shape index (κ3) is 4.27. The molecule has 11 heteroatoms. The van der Waals surface area contributed by atoms with Gasteiger partial charge in [-0.05, 0) is 51.1 Å². The Labute approximate surface area is 246 Å². The Kier molecular flexibility index (Phi) is 6.70. The predicted octanol–water partition coefficient (Wildman–Crippen LogP) is 5.23. The van der Waals surface area contributed by atoms with Crippen molar-refractivity contribution in [3.05, 3.63) is 66.0 Å². The van der Waals surface area contributed by atoms with Gasteiger partial charge < -0.3 is 19.4 Å². The maximum absolute atomic E-state index is 16.6. The Morgan fingerprint density at radius 3 is 2.83 bits per heavy atom. The van der Waals surface area contributed by atoms with Crippen LogP contribution in [-0.4, -0.2) is 82.1 Å². The predicted molar refractivity (Wildman–Crippen MR) is 158 cm³/mol. The van der Waals surface area contributed by atoms with Gasteiger partial charge in [0.2, 0.25) is 5.91 Å². The molecule has 3 aliphatic rings. The zero-order valence-electron chi connectivity index (χ0n) is 23.1. The first-order chi connectivity index (χ1) is 20.4. The number of hydrogen-bond acceptors (Lipinski definition) is 7. The van der Waals surface area contributed by atoms with Gasteiger partial charge in [0, 0.05) is 58.3 Å². The number of likely N-dealkylation sites (tertiary alicyclic amines) is 2. The summed E-state index contributed by atoms with van der Waals surface area (Å²) in [5.41, 5.74) is -0.0655. The summed E-state index contributed by atoms with van der Waals surface area (Å²) in [6, 6.07) is 6.70. The van der Waals surface area contributed by atoms with Gasteiger partial charge in [-0.25, -0.2) is 8.78 Å². The van der Waals surface area contributed by atoms with Gasteiger partial charge >= 0.3 is 6.01 Å². The first kappa shape index (κ1) is 27.0. The van der Waals surface area contributed by atoms with E-state index in [4.69, 9.17) is 21.3 Å². The summed E-state index contributed by atoms with van der Waals surface area (Å²) in [5, 5.41) is 1.78. The second-order valence-electron chi connectivity index (χ2n) is 11.2. The fraction of sp³-hybridized carbons (Fsp3) is 0.355. The smallest absolute Gasteiger partial charge is 0.319 e. The third-order valence-electron chi connectivity index (χ3n) is 8.94. The molecule has 4 aromatic rings. The Morgan fingerprint density at radius 2 is 2.05 bits per heavy atom. The van der Waals surface area contributed by atoms with E-state index in [9.17, 15) is 4.79 Å². The van der Waals surface area contributed by atoms with E-state index in [0.29, 0.717) is 47.7 Å². The molecule has 0 bridgehead atoms. The number of ether oxygens (including phenoxy) is 1. The van der Waals surface area contributed by atoms with Crippen LogP contribution in [0.4, 0.5) is 14.6 Å². The number of halogens is 3. The van der Waals surface area contributed by atoms with E-state index in [1.165, 1.54) is 18.3 Å². The molecule has 216 valence electrons. The van der Waals surface area contributed by atoms with Crippen molar-refractivity contribution in [2.75, 3.05) is 38.2 Å². The zero-order chi connectivity index (χ0) is 29.1. The molecule has 0 N–H and O–H groups in total. The molecule has 7 rings (SSSR count). The van der Waals surface area contributed by atoms with Crippen LogP contribution in [0.25, 0.3) is 32.8 Å². The van der Waals surface area contributed by atoms with Gasteiger partial charge in [0.1, 0.15) is 23.8 Å². The number of carbonyl (C=O) groups is 1. The lowest BCUT2D eigenvalue weighted by Crippen LogP contribution is -2.63. The molecule has 0 saturated carbocycles. The minimum Gasteiger partial charge on any atom is -0.462 e. The Hall–Kier alpha value is -3.89. The highest BCUT2D eigenvalue weighted by Gasteiger charge is 2.49. The maximum atomic E-state index is 16.6.